The Balaban J connectivity index is 1.43. The van der Waals surface area contributed by atoms with Gasteiger partial charge in [0.1, 0.15) is 0 Å². The molecule has 0 N–H and O–H groups in total. The molecule has 1 aliphatic rings. The van der Waals surface area contributed by atoms with Crippen LogP contribution in [0.15, 0.2) is 53.4 Å². The Hall–Kier alpha value is -2.48. The summed E-state index contributed by atoms with van der Waals surface area (Å²) in [7, 11) is -1.59. The lowest BCUT2D eigenvalue weighted by atomic mass is 10.1. The molecule has 158 valence electrons. The van der Waals surface area contributed by atoms with Crippen LogP contribution in [0.3, 0.4) is 0 Å². The van der Waals surface area contributed by atoms with Crippen molar-refractivity contribution in [2.45, 2.75) is 18.7 Å². The van der Waals surface area contributed by atoms with Crippen LogP contribution in [0, 0.1) is 13.8 Å². The normalized spacial score (nSPS) is 16.2. The summed E-state index contributed by atoms with van der Waals surface area (Å²) in [5.41, 5.74) is 2.78. The smallest absolute Gasteiger partial charge is 0.243 e. The molecule has 0 bridgehead atoms. The standard InChI is InChI=1S/C23H27N3O3S/c1-17-14-22(18(2)24(17)3)23(27)16-25-10-12-26(13-11-25)30(28,29)21-9-8-19-6-4-5-7-20(19)15-21/h4-9,14-15H,10-13,16H2,1-3H3. The van der Waals surface area contributed by atoms with E-state index < -0.39 is 10.0 Å². The lowest BCUT2D eigenvalue weighted by Gasteiger charge is -2.33. The van der Waals surface area contributed by atoms with Crippen LogP contribution in [-0.2, 0) is 17.1 Å². The van der Waals surface area contributed by atoms with Crippen molar-refractivity contribution in [2.24, 2.45) is 7.05 Å². The molecule has 1 saturated heterocycles. The molecule has 3 aromatic rings. The quantitative estimate of drug-likeness (QED) is 0.590. The molecular weight excluding hydrogens is 398 g/mol. The van der Waals surface area contributed by atoms with Gasteiger partial charge in [-0.25, -0.2) is 8.42 Å². The molecule has 6 nitrogen and oxygen atoms in total. The van der Waals surface area contributed by atoms with E-state index in [1.807, 2.05) is 66.8 Å². The van der Waals surface area contributed by atoms with Crippen molar-refractivity contribution in [1.29, 1.82) is 0 Å². The van der Waals surface area contributed by atoms with E-state index in [-0.39, 0.29) is 5.78 Å². The lowest BCUT2D eigenvalue weighted by Crippen LogP contribution is -2.49. The van der Waals surface area contributed by atoms with Gasteiger partial charge in [-0.1, -0.05) is 30.3 Å². The molecule has 30 heavy (non-hydrogen) atoms. The summed E-state index contributed by atoms with van der Waals surface area (Å²) in [6, 6.07) is 14.9. The van der Waals surface area contributed by atoms with Gasteiger partial charge in [0, 0.05) is 50.2 Å². The number of aryl methyl sites for hydroxylation is 1. The molecule has 0 amide bonds. The Morgan fingerprint density at radius 1 is 0.933 bits per heavy atom. The largest absolute Gasteiger partial charge is 0.351 e. The van der Waals surface area contributed by atoms with Crippen LogP contribution in [-0.4, -0.2) is 60.7 Å². The van der Waals surface area contributed by atoms with Crippen molar-refractivity contribution in [3.8, 4) is 0 Å². The molecular formula is C23H27N3O3S. The number of fused-ring (bicyclic) bond motifs is 1. The molecule has 0 saturated carbocycles. The van der Waals surface area contributed by atoms with E-state index >= 15 is 0 Å². The topological polar surface area (TPSA) is 62.6 Å². The van der Waals surface area contributed by atoms with Crippen LogP contribution in [0.4, 0.5) is 0 Å². The summed E-state index contributed by atoms with van der Waals surface area (Å²) in [5, 5.41) is 1.93. The van der Waals surface area contributed by atoms with E-state index in [0.717, 1.165) is 27.7 Å². The second-order valence-electron chi connectivity index (χ2n) is 7.96. The fourth-order valence-corrected chi connectivity index (χ4v) is 5.49. The Labute approximate surface area is 177 Å². The third-order valence-corrected chi connectivity index (χ3v) is 8.03. The van der Waals surface area contributed by atoms with Gasteiger partial charge >= 0.3 is 0 Å². The Bertz CT molecular complexity index is 1210. The van der Waals surface area contributed by atoms with E-state index in [0.29, 0.717) is 37.6 Å². The predicted molar refractivity (Wildman–Crippen MR) is 118 cm³/mol. The minimum atomic E-state index is -3.55. The second-order valence-corrected chi connectivity index (χ2v) is 9.89. The number of rotatable bonds is 5. The molecule has 0 atom stereocenters. The molecule has 0 spiro atoms. The maximum atomic E-state index is 13.1. The van der Waals surface area contributed by atoms with Gasteiger partial charge in [-0.3, -0.25) is 9.69 Å². The Morgan fingerprint density at radius 2 is 1.60 bits per heavy atom. The summed E-state index contributed by atoms with van der Waals surface area (Å²) in [5.74, 6) is 0.0852. The Morgan fingerprint density at radius 3 is 2.23 bits per heavy atom. The highest BCUT2D eigenvalue weighted by Gasteiger charge is 2.29. The van der Waals surface area contributed by atoms with Gasteiger partial charge in [-0.15, -0.1) is 0 Å². The number of carbonyl (C=O) groups excluding carboxylic acids is 1. The molecule has 0 unspecified atom stereocenters. The van der Waals surface area contributed by atoms with Crippen LogP contribution in [0.25, 0.3) is 10.8 Å². The van der Waals surface area contributed by atoms with Gasteiger partial charge in [0.25, 0.3) is 0 Å². The number of hydrogen-bond donors (Lipinski definition) is 0. The molecule has 0 radical (unpaired) electrons. The number of piperazine rings is 1. The summed E-state index contributed by atoms with van der Waals surface area (Å²) in [6.45, 7) is 6.11. The average molecular weight is 426 g/mol. The van der Waals surface area contributed by atoms with Crippen molar-refractivity contribution in [2.75, 3.05) is 32.7 Å². The highest BCUT2D eigenvalue weighted by Crippen LogP contribution is 2.23. The number of nitrogens with zero attached hydrogens (tertiary/aromatic N) is 3. The first-order chi connectivity index (χ1) is 14.3. The number of sulfonamides is 1. The monoisotopic (exact) mass is 425 g/mol. The minimum absolute atomic E-state index is 0.0852. The number of carbonyl (C=O) groups is 1. The fourth-order valence-electron chi connectivity index (χ4n) is 4.03. The van der Waals surface area contributed by atoms with Gasteiger partial charge in [0.05, 0.1) is 11.4 Å². The van der Waals surface area contributed by atoms with Crippen molar-refractivity contribution in [3.05, 3.63) is 65.5 Å². The fraction of sp³-hybridized carbons (Fsp3) is 0.348. The third kappa shape index (κ3) is 3.80. The number of benzene rings is 2. The molecule has 1 aromatic heterocycles. The van der Waals surface area contributed by atoms with Crippen LogP contribution < -0.4 is 0 Å². The number of ketones is 1. The highest BCUT2D eigenvalue weighted by molar-refractivity contribution is 7.89. The minimum Gasteiger partial charge on any atom is -0.351 e. The number of hydrogen-bond acceptors (Lipinski definition) is 4. The van der Waals surface area contributed by atoms with Gasteiger partial charge in [0.15, 0.2) is 5.78 Å². The van der Waals surface area contributed by atoms with Gasteiger partial charge < -0.3 is 4.57 Å². The zero-order valence-electron chi connectivity index (χ0n) is 17.6. The predicted octanol–water partition coefficient (Wildman–Crippen LogP) is 2.98. The molecule has 7 heteroatoms. The molecule has 4 rings (SSSR count). The van der Waals surface area contributed by atoms with E-state index in [2.05, 4.69) is 0 Å². The summed E-state index contributed by atoms with van der Waals surface area (Å²) in [6.07, 6.45) is 0. The molecule has 0 aliphatic carbocycles. The number of Topliss-reactive ketones (excluding diaryl/α,β-unsaturated/α-hetero) is 1. The van der Waals surface area contributed by atoms with E-state index in [1.54, 1.807) is 12.1 Å². The lowest BCUT2D eigenvalue weighted by molar-refractivity contribution is 0.0901. The van der Waals surface area contributed by atoms with Crippen molar-refractivity contribution in [3.63, 3.8) is 0 Å². The zero-order chi connectivity index (χ0) is 21.5. The molecule has 1 aliphatic heterocycles. The van der Waals surface area contributed by atoms with Crippen LogP contribution >= 0.6 is 0 Å². The van der Waals surface area contributed by atoms with E-state index in [1.165, 1.54) is 4.31 Å². The van der Waals surface area contributed by atoms with Crippen molar-refractivity contribution < 1.29 is 13.2 Å². The van der Waals surface area contributed by atoms with Gasteiger partial charge in [-0.05, 0) is 42.8 Å². The van der Waals surface area contributed by atoms with Crippen LogP contribution in [0.1, 0.15) is 21.7 Å². The SMILES string of the molecule is Cc1cc(C(=O)CN2CCN(S(=O)(=O)c3ccc4ccccc4c3)CC2)c(C)n1C. The van der Waals surface area contributed by atoms with Crippen LogP contribution in [0.5, 0.6) is 0 Å². The van der Waals surface area contributed by atoms with Gasteiger partial charge in [0.2, 0.25) is 10.0 Å². The Kier molecular flexibility index (Phi) is 5.53. The summed E-state index contributed by atoms with van der Waals surface area (Å²) in [4.78, 5) is 15.1. The van der Waals surface area contributed by atoms with Crippen molar-refractivity contribution >= 4 is 26.6 Å². The maximum Gasteiger partial charge on any atom is 0.243 e. The van der Waals surface area contributed by atoms with E-state index in [4.69, 9.17) is 0 Å². The zero-order valence-corrected chi connectivity index (χ0v) is 18.4. The average Bonchev–Trinajstić information content (AvgIpc) is 3.01. The third-order valence-electron chi connectivity index (χ3n) is 6.13. The van der Waals surface area contributed by atoms with Crippen LogP contribution in [0.2, 0.25) is 0 Å². The summed E-state index contributed by atoms with van der Waals surface area (Å²) >= 11 is 0. The van der Waals surface area contributed by atoms with Crippen molar-refractivity contribution in [1.82, 2.24) is 13.8 Å². The summed E-state index contributed by atoms with van der Waals surface area (Å²) < 4.78 is 29.7. The first-order valence-electron chi connectivity index (χ1n) is 10.1. The molecule has 1 fully saturated rings. The molecule has 2 heterocycles. The first kappa shape index (κ1) is 20.8. The maximum absolute atomic E-state index is 13.1. The highest BCUT2D eigenvalue weighted by atomic mass is 32.2. The second kappa shape index (κ2) is 7.98. The van der Waals surface area contributed by atoms with Gasteiger partial charge in [-0.2, -0.15) is 4.31 Å². The first-order valence-corrected chi connectivity index (χ1v) is 11.6. The molecule has 2 aromatic carbocycles. The van der Waals surface area contributed by atoms with E-state index in [9.17, 15) is 13.2 Å². The number of aromatic nitrogens is 1.